The SMILES string of the molecule is Cc1c(C)c(S(=O)(=O)NCCCC(N)C(=O)O)c(C)c2c1OC(C)(C)C2. The topological polar surface area (TPSA) is 119 Å². The molecule has 0 aromatic heterocycles. The van der Waals surface area contributed by atoms with Gasteiger partial charge in [0.1, 0.15) is 17.4 Å². The number of fused-ring (bicyclic) bond motifs is 1. The lowest BCUT2D eigenvalue weighted by Crippen LogP contribution is -2.32. The summed E-state index contributed by atoms with van der Waals surface area (Å²) in [4.78, 5) is 11.0. The van der Waals surface area contributed by atoms with Gasteiger partial charge >= 0.3 is 5.97 Å². The number of aliphatic carboxylic acids is 1. The Hall–Kier alpha value is -1.64. The van der Waals surface area contributed by atoms with Crippen LogP contribution < -0.4 is 15.2 Å². The molecule has 1 aromatic carbocycles. The van der Waals surface area contributed by atoms with Crippen molar-refractivity contribution in [2.45, 2.75) is 70.4 Å². The van der Waals surface area contributed by atoms with Gasteiger partial charge in [-0.2, -0.15) is 0 Å². The largest absolute Gasteiger partial charge is 0.487 e. The fraction of sp³-hybridized carbons (Fsp3) is 0.611. The number of carboxylic acids is 1. The molecule has 0 fully saturated rings. The third kappa shape index (κ3) is 4.02. The van der Waals surface area contributed by atoms with E-state index >= 15 is 0 Å². The number of sulfonamides is 1. The molecule has 1 aromatic rings. The summed E-state index contributed by atoms with van der Waals surface area (Å²) in [6.45, 7) is 9.58. The van der Waals surface area contributed by atoms with Crippen LogP contribution in [-0.4, -0.2) is 37.7 Å². The molecule has 1 atom stereocenters. The number of carboxylic acid groups (broad SMARTS) is 1. The minimum Gasteiger partial charge on any atom is -0.487 e. The Balaban J connectivity index is 2.25. The normalized spacial score (nSPS) is 16.8. The van der Waals surface area contributed by atoms with Crippen LogP contribution in [0.2, 0.25) is 0 Å². The van der Waals surface area contributed by atoms with Crippen molar-refractivity contribution in [3.8, 4) is 5.75 Å². The number of nitrogens with two attached hydrogens (primary N) is 1. The Kier molecular flexibility index (Phi) is 5.70. The predicted molar refractivity (Wildman–Crippen MR) is 99.1 cm³/mol. The van der Waals surface area contributed by atoms with Crippen LogP contribution in [0.3, 0.4) is 0 Å². The maximum absolute atomic E-state index is 12.9. The summed E-state index contributed by atoms with van der Waals surface area (Å²) in [6, 6.07) is -0.982. The van der Waals surface area contributed by atoms with Crippen LogP contribution in [0, 0.1) is 20.8 Å². The van der Waals surface area contributed by atoms with Crippen molar-refractivity contribution in [3.63, 3.8) is 0 Å². The highest BCUT2D eigenvalue weighted by atomic mass is 32.2. The summed E-state index contributed by atoms with van der Waals surface area (Å²) in [5, 5.41) is 8.78. The smallest absolute Gasteiger partial charge is 0.320 e. The molecule has 0 spiro atoms. The molecule has 146 valence electrons. The molecule has 1 heterocycles. The molecular formula is C18H28N2O5S. The monoisotopic (exact) mass is 384 g/mol. The van der Waals surface area contributed by atoms with Crippen molar-refractivity contribution < 1.29 is 23.1 Å². The molecule has 0 radical (unpaired) electrons. The van der Waals surface area contributed by atoms with E-state index < -0.39 is 22.0 Å². The van der Waals surface area contributed by atoms with E-state index in [2.05, 4.69) is 4.72 Å². The van der Waals surface area contributed by atoms with Crippen LogP contribution in [-0.2, 0) is 21.2 Å². The van der Waals surface area contributed by atoms with E-state index in [1.165, 1.54) is 0 Å². The number of ether oxygens (including phenoxy) is 1. The number of carbonyl (C=O) groups is 1. The molecule has 0 amide bonds. The lowest BCUT2D eigenvalue weighted by atomic mass is 9.94. The van der Waals surface area contributed by atoms with Gasteiger partial charge in [-0.3, -0.25) is 4.79 Å². The van der Waals surface area contributed by atoms with Crippen molar-refractivity contribution in [2.75, 3.05) is 6.54 Å². The zero-order chi connectivity index (χ0) is 19.9. The van der Waals surface area contributed by atoms with Gasteiger partial charge in [-0.05, 0) is 64.2 Å². The van der Waals surface area contributed by atoms with Crippen LogP contribution in [0.15, 0.2) is 4.90 Å². The summed E-state index contributed by atoms with van der Waals surface area (Å²) >= 11 is 0. The second kappa shape index (κ2) is 7.17. The molecule has 0 aliphatic carbocycles. The number of nitrogens with one attached hydrogen (secondary N) is 1. The lowest BCUT2D eigenvalue weighted by Gasteiger charge is -2.19. The number of benzene rings is 1. The zero-order valence-electron chi connectivity index (χ0n) is 16.0. The van der Waals surface area contributed by atoms with Gasteiger partial charge in [-0.1, -0.05) is 0 Å². The molecule has 1 unspecified atom stereocenters. The maximum atomic E-state index is 12.9. The molecule has 0 saturated heterocycles. The third-order valence-electron chi connectivity index (χ3n) is 4.86. The first-order valence-corrected chi connectivity index (χ1v) is 10.2. The van der Waals surface area contributed by atoms with Gasteiger partial charge in [-0.15, -0.1) is 0 Å². The number of hydrogen-bond donors (Lipinski definition) is 3. The molecule has 4 N–H and O–H groups in total. The lowest BCUT2D eigenvalue weighted by molar-refractivity contribution is -0.138. The van der Waals surface area contributed by atoms with Crippen LogP contribution >= 0.6 is 0 Å². The Morgan fingerprint density at radius 2 is 1.88 bits per heavy atom. The standard InChI is InChI=1S/C18H28N2O5S/c1-10-11(2)16(12(3)13-9-18(4,5)25-15(10)13)26(23,24)20-8-6-7-14(19)17(21)22/h14,20H,6-9,19H2,1-5H3,(H,21,22). The van der Waals surface area contributed by atoms with Gasteiger partial charge in [0, 0.05) is 18.5 Å². The predicted octanol–water partition coefficient (Wildman–Crippen LogP) is 1.80. The van der Waals surface area contributed by atoms with Crippen LogP contribution in [0.25, 0.3) is 0 Å². The Morgan fingerprint density at radius 3 is 2.46 bits per heavy atom. The van der Waals surface area contributed by atoms with E-state index in [4.69, 9.17) is 15.6 Å². The van der Waals surface area contributed by atoms with Crippen molar-refractivity contribution in [1.82, 2.24) is 4.72 Å². The van der Waals surface area contributed by atoms with Crippen molar-refractivity contribution in [2.24, 2.45) is 5.73 Å². The van der Waals surface area contributed by atoms with E-state index in [9.17, 15) is 13.2 Å². The summed E-state index contributed by atoms with van der Waals surface area (Å²) in [5.74, 6) is -0.298. The fourth-order valence-electron chi connectivity index (χ4n) is 3.37. The minimum absolute atomic E-state index is 0.139. The molecular weight excluding hydrogens is 356 g/mol. The highest BCUT2D eigenvalue weighted by molar-refractivity contribution is 7.89. The van der Waals surface area contributed by atoms with Crippen LogP contribution in [0.4, 0.5) is 0 Å². The minimum atomic E-state index is -3.71. The summed E-state index contributed by atoms with van der Waals surface area (Å²) in [7, 11) is -3.71. The number of hydrogen-bond acceptors (Lipinski definition) is 5. The zero-order valence-corrected chi connectivity index (χ0v) is 16.8. The van der Waals surface area contributed by atoms with Gasteiger partial charge in [0.05, 0.1) is 4.90 Å². The van der Waals surface area contributed by atoms with Crippen LogP contribution in [0.5, 0.6) is 5.75 Å². The third-order valence-corrected chi connectivity index (χ3v) is 6.60. The van der Waals surface area contributed by atoms with Crippen molar-refractivity contribution in [3.05, 3.63) is 22.3 Å². The Bertz CT molecular complexity index is 831. The second-order valence-electron chi connectivity index (χ2n) is 7.54. The van der Waals surface area contributed by atoms with Crippen molar-refractivity contribution in [1.29, 1.82) is 0 Å². The maximum Gasteiger partial charge on any atom is 0.320 e. The molecule has 2 rings (SSSR count). The van der Waals surface area contributed by atoms with E-state index in [1.54, 1.807) is 6.92 Å². The average Bonchev–Trinajstić information content (AvgIpc) is 2.85. The quantitative estimate of drug-likeness (QED) is 0.617. The molecule has 1 aliphatic rings. The molecule has 0 saturated carbocycles. The average molecular weight is 384 g/mol. The fourth-order valence-corrected chi connectivity index (χ4v) is 5.01. The molecule has 8 heteroatoms. The summed E-state index contributed by atoms with van der Waals surface area (Å²) in [5.41, 5.74) is 8.25. The van der Waals surface area contributed by atoms with Crippen LogP contribution in [0.1, 0.15) is 48.9 Å². The van der Waals surface area contributed by atoms with E-state index in [0.29, 0.717) is 24.0 Å². The van der Waals surface area contributed by atoms with E-state index in [-0.39, 0.29) is 23.5 Å². The number of rotatable bonds is 7. The first-order chi connectivity index (χ1) is 11.9. The first-order valence-electron chi connectivity index (χ1n) is 8.67. The van der Waals surface area contributed by atoms with Gasteiger partial charge < -0.3 is 15.6 Å². The van der Waals surface area contributed by atoms with Crippen molar-refractivity contribution >= 4 is 16.0 Å². The first kappa shape index (κ1) is 20.7. The highest BCUT2D eigenvalue weighted by Gasteiger charge is 2.36. The van der Waals surface area contributed by atoms with Gasteiger partial charge in [0.2, 0.25) is 10.0 Å². The van der Waals surface area contributed by atoms with Gasteiger partial charge in [-0.25, -0.2) is 13.1 Å². The second-order valence-corrected chi connectivity index (χ2v) is 9.24. The van der Waals surface area contributed by atoms with Gasteiger partial charge in [0.15, 0.2) is 0 Å². The molecule has 26 heavy (non-hydrogen) atoms. The molecule has 1 aliphatic heterocycles. The van der Waals surface area contributed by atoms with E-state index in [0.717, 1.165) is 16.9 Å². The van der Waals surface area contributed by atoms with Gasteiger partial charge in [0.25, 0.3) is 0 Å². The van der Waals surface area contributed by atoms with E-state index in [1.807, 2.05) is 27.7 Å². The molecule has 0 bridgehead atoms. The highest BCUT2D eigenvalue weighted by Crippen LogP contribution is 2.43. The Morgan fingerprint density at radius 1 is 1.27 bits per heavy atom. The summed E-state index contributed by atoms with van der Waals surface area (Å²) in [6.07, 6.45) is 1.22. The molecule has 7 nitrogen and oxygen atoms in total. The Labute approximate surface area is 155 Å². The summed E-state index contributed by atoms with van der Waals surface area (Å²) < 4.78 is 34.3.